The van der Waals surface area contributed by atoms with E-state index in [1.807, 2.05) is 13.8 Å². The summed E-state index contributed by atoms with van der Waals surface area (Å²) in [5.74, 6) is 0.115. The van der Waals surface area contributed by atoms with Gasteiger partial charge in [-0.15, -0.1) is 0 Å². The van der Waals surface area contributed by atoms with Gasteiger partial charge in [-0.3, -0.25) is 4.79 Å². The van der Waals surface area contributed by atoms with Crippen molar-refractivity contribution in [3.8, 4) is 0 Å². The molecule has 0 unspecified atom stereocenters. The summed E-state index contributed by atoms with van der Waals surface area (Å²) in [5.41, 5.74) is 0.731. The molecule has 0 atom stereocenters. The maximum absolute atomic E-state index is 11.2. The van der Waals surface area contributed by atoms with E-state index in [0.29, 0.717) is 5.76 Å². The first-order valence-electron chi connectivity index (χ1n) is 4.21. The van der Waals surface area contributed by atoms with Gasteiger partial charge in [0.05, 0.1) is 12.0 Å². The summed E-state index contributed by atoms with van der Waals surface area (Å²) in [5, 5.41) is 5.62. The van der Waals surface area contributed by atoms with Crippen molar-refractivity contribution in [2.75, 3.05) is 12.4 Å². The fraction of sp³-hybridized carbons (Fsp3) is 0.444. The minimum Gasteiger partial charge on any atom is -0.457 e. The van der Waals surface area contributed by atoms with Crippen LogP contribution in [0.25, 0.3) is 0 Å². The molecule has 0 bridgehead atoms. The van der Waals surface area contributed by atoms with Gasteiger partial charge in [0.25, 0.3) is 5.91 Å². The molecule has 0 saturated carbocycles. The second-order valence-electron chi connectivity index (χ2n) is 3.04. The highest BCUT2D eigenvalue weighted by Crippen LogP contribution is 2.17. The lowest BCUT2D eigenvalue weighted by atomic mass is 10.3. The average Bonchev–Trinajstić information content (AvgIpc) is 2.50. The van der Waals surface area contributed by atoms with Crippen LogP contribution >= 0.6 is 0 Å². The number of carbonyl (C=O) groups is 1. The zero-order chi connectivity index (χ0) is 9.84. The third-order valence-electron chi connectivity index (χ3n) is 1.54. The maximum atomic E-state index is 11.2. The monoisotopic (exact) mass is 182 g/mol. The molecule has 0 aromatic carbocycles. The van der Waals surface area contributed by atoms with E-state index >= 15 is 0 Å². The van der Waals surface area contributed by atoms with Crippen molar-refractivity contribution in [1.82, 2.24) is 5.32 Å². The molecule has 0 fully saturated rings. The molecule has 1 rings (SSSR count). The van der Waals surface area contributed by atoms with Gasteiger partial charge < -0.3 is 15.1 Å². The number of hydrogen-bond acceptors (Lipinski definition) is 3. The number of hydrogen-bond donors (Lipinski definition) is 2. The number of furan rings is 1. The Morgan fingerprint density at radius 2 is 2.23 bits per heavy atom. The molecule has 2 N–H and O–H groups in total. The molecule has 0 aliphatic heterocycles. The molecule has 0 radical (unpaired) electrons. The molecule has 4 nitrogen and oxygen atoms in total. The Balaban J connectivity index is 2.83. The Labute approximate surface area is 77.3 Å². The van der Waals surface area contributed by atoms with E-state index in [2.05, 4.69) is 10.6 Å². The number of nitrogens with one attached hydrogen (secondary N) is 2. The first-order valence-corrected chi connectivity index (χ1v) is 4.21. The van der Waals surface area contributed by atoms with Gasteiger partial charge in [-0.25, -0.2) is 0 Å². The summed E-state index contributed by atoms with van der Waals surface area (Å²) < 4.78 is 5.04. The van der Waals surface area contributed by atoms with Crippen molar-refractivity contribution in [3.63, 3.8) is 0 Å². The van der Waals surface area contributed by atoms with Crippen LogP contribution < -0.4 is 10.6 Å². The van der Waals surface area contributed by atoms with Gasteiger partial charge in [0, 0.05) is 19.2 Å². The molecule has 1 amide bonds. The Bertz CT molecular complexity index is 292. The minimum absolute atomic E-state index is 0.215. The van der Waals surface area contributed by atoms with E-state index in [4.69, 9.17) is 4.42 Å². The standard InChI is InChI=1S/C9H14N2O2/c1-6(2)11-7-4-5-13-8(7)9(12)10-3/h4-6,11H,1-3H3,(H,10,12). The van der Waals surface area contributed by atoms with Crippen molar-refractivity contribution >= 4 is 11.6 Å². The molecule has 1 aromatic heterocycles. The summed E-state index contributed by atoms with van der Waals surface area (Å²) >= 11 is 0. The van der Waals surface area contributed by atoms with E-state index in [9.17, 15) is 4.79 Å². The molecule has 0 aliphatic carbocycles. The van der Waals surface area contributed by atoms with Gasteiger partial charge in [-0.2, -0.15) is 0 Å². The predicted octanol–water partition coefficient (Wildman–Crippen LogP) is 1.46. The van der Waals surface area contributed by atoms with Crippen LogP contribution in [-0.2, 0) is 0 Å². The molecular weight excluding hydrogens is 168 g/mol. The topological polar surface area (TPSA) is 54.3 Å². The number of anilines is 1. The normalized spacial score (nSPS) is 10.2. The Morgan fingerprint density at radius 3 is 2.77 bits per heavy atom. The molecule has 4 heteroatoms. The van der Waals surface area contributed by atoms with Crippen LogP contribution in [0.1, 0.15) is 24.4 Å². The second kappa shape index (κ2) is 3.98. The smallest absolute Gasteiger partial charge is 0.288 e. The summed E-state index contributed by atoms with van der Waals surface area (Å²) in [7, 11) is 1.57. The Hall–Kier alpha value is -1.45. The van der Waals surface area contributed by atoms with Crippen LogP contribution in [0, 0.1) is 0 Å². The third kappa shape index (κ3) is 2.24. The van der Waals surface area contributed by atoms with Crippen LogP contribution in [0.4, 0.5) is 5.69 Å². The number of rotatable bonds is 3. The van der Waals surface area contributed by atoms with Crippen LogP contribution in [0.2, 0.25) is 0 Å². The summed E-state index contributed by atoms with van der Waals surface area (Å²) in [6, 6.07) is 2.02. The van der Waals surface area contributed by atoms with Crippen LogP contribution in [-0.4, -0.2) is 19.0 Å². The van der Waals surface area contributed by atoms with E-state index in [-0.39, 0.29) is 11.9 Å². The summed E-state index contributed by atoms with van der Waals surface area (Å²) in [4.78, 5) is 11.2. The van der Waals surface area contributed by atoms with Crippen LogP contribution in [0.15, 0.2) is 16.7 Å². The molecule has 13 heavy (non-hydrogen) atoms. The Morgan fingerprint density at radius 1 is 1.54 bits per heavy atom. The van der Waals surface area contributed by atoms with Gasteiger partial charge >= 0.3 is 0 Å². The summed E-state index contributed by atoms with van der Waals surface area (Å²) in [6.07, 6.45) is 1.50. The molecule has 1 aromatic rings. The van der Waals surface area contributed by atoms with Gasteiger partial charge in [-0.1, -0.05) is 0 Å². The van der Waals surface area contributed by atoms with Crippen molar-refractivity contribution in [2.45, 2.75) is 19.9 Å². The molecular formula is C9H14N2O2. The van der Waals surface area contributed by atoms with Crippen molar-refractivity contribution in [2.24, 2.45) is 0 Å². The Kier molecular flexibility index (Phi) is 2.95. The van der Waals surface area contributed by atoms with E-state index in [1.165, 1.54) is 6.26 Å². The SMILES string of the molecule is CNC(=O)c1occc1NC(C)C. The number of carbonyl (C=O) groups excluding carboxylic acids is 1. The first-order chi connectivity index (χ1) is 6.15. The maximum Gasteiger partial charge on any atom is 0.288 e. The van der Waals surface area contributed by atoms with Crippen LogP contribution in [0.5, 0.6) is 0 Å². The molecule has 0 saturated heterocycles. The van der Waals surface area contributed by atoms with Gasteiger partial charge in [-0.05, 0) is 13.8 Å². The largest absolute Gasteiger partial charge is 0.457 e. The van der Waals surface area contributed by atoms with Gasteiger partial charge in [0.1, 0.15) is 0 Å². The highest BCUT2D eigenvalue weighted by atomic mass is 16.3. The lowest BCUT2D eigenvalue weighted by Crippen LogP contribution is -2.20. The molecule has 0 spiro atoms. The summed E-state index contributed by atoms with van der Waals surface area (Å²) in [6.45, 7) is 4.00. The van der Waals surface area contributed by atoms with E-state index < -0.39 is 0 Å². The minimum atomic E-state index is -0.215. The first kappa shape index (κ1) is 9.64. The van der Waals surface area contributed by atoms with E-state index in [1.54, 1.807) is 13.1 Å². The fourth-order valence-corrected chi connectivity index (χ4v) is 1.02. The van der Waals surface area contributed by atoms with Crippen LogP contribution in [0.3, 0.4) is 0 Å². The molecule has 72 valence electrons. The zero-order valence-corrected chi connectivity index (χ0v) is 8.05. The highest BCUT2D eigenvalue weighted by Gasteiger charge is 2.13. The van der Waals surface area contributed by atoms with Crippen molar-refractivity contribution in [3.05, 3.63) is 18.1 Å². The lowest BCUT2D eigenvalue weighted by Gasteiger charge is -2.08. The highest BCUT2D eigenvalue weighted by molar-refractivity contribution is 5.96. The predicted molar refractivity (Wildman–Crippen MR) is 50.9 cm³/mol. The van der Waals surface area contributed by atoms with Gasteiger partial charge in [0.2, 0.25) is 5.76 Å². The zero-order valence-electron chi connectivity index (χ0n) is 8.05. The molecule has 0 aliphatic rings. The lowest BCUT2D eigenvalue weighted by molar-refractivity contribution is 0.0936. The molecule has 1 heterocycles. The van der Waals surface area contributed by atoms with E-state index in [0.717, 1.165) is 5.69 Å². The fourth-order valence-electron chi connectivity index (χ4n) is 1.02. The van der Waals surface area contributed by atoms with Crippen molar-refractivity contribution in [1.29, 1.82) is 0 Å². The average molecular weight is 182 g/mol. The van der Waals surface area contributed by atoms with Gasteiger partial charge in [0.15, 0.2) is 0 Å². The quantitative estimate of drug-likeness (QED) is 0.744. The third-order valence-corrected chi connectivity index (χ3v) is 1.54. The second-order valence-corrected chi connectivity index (χ2v) is 3.04. The number of amides is 1. The van der Waals surface area contributed by atoms with Crippen molar-refractivity contribution < 1.29 is 9.21 Å².